The molecule has 0 aliphatic heterocycles. The van der Waals surface area contributed by atoms with Gasteiger partial charge in [-0.3, -0.25) is 9.59 Å². The van der Waals surface area contributed by atoms with Gasteiger partial charge in [-0.15, -0.1) is 0 Å². The maximum atomic E-state index is 12.3. The van der Waals surface area contributed by atoms with Crippen molar-refractivity contribution in [2.45, 2.75) is 33.1 Å². The number of hydrogen-bond donors (Lipinski definition) is 2. The topological polar surface area (TPSA) is 110 Å². The molecule has 2 rings (SSSR count). The minimum absolute atomic E-state index is 0.00190. The average Bonchev–Trinajstić information content (AvgIpc) is 2.95. The van der Waals surface area contributed by atoms with Gasteiger partial charge in [0.1, 0.15) is 0 Å². The number of aryl methyl sites for hydroxylation is 1. The maximum Gasteiger partial charge on any atom is 0.490 e. The first kappa shape index (κ1) is 22.6. The summed E-state index contributed by atoms with van der Waals surface area (Å²) in [5.74, 6) is -3.80. The molecule has 0 aliphatic rings. The van der Waals surface area contributed by atoms with Crippen LogP contribution >= 0.6 is 22.9 Å². The number of aromatic nitrogens is 2. The van der Waals surface area contributed by atoms with Gasteiger partial charge in [0, 0.05) is 18.7 Å². The molecule has 0 aliphatic carbocycles. The van der Waals surface area contributed by atoms with Crippen LogP contribution in [0.3, 0.4) is 0 Å². The van der Waals surface area contributed by atoms with Crippen molar-refractivity contribution in [3.63, 3.8) is 0 Å². The van der Waals surface area contributed by atoms with Gasteiger partial charge >= 0.3 is 12.1 Å². The van der Waals surface area contributed by atoms with E-state index in [0.29, 0.717) is 21.3 Å². The summed E-state index contributed by atoms with van der Waals surface area (Å²) < 4.78 is 40.8. The highest BCUT2D eigenvalue weighted by Gasteiger charge is 2.42. The van der Waals surface area contributed by atoms with Crippen molar-refractivity contribution in [2.75, 3.05) is 10.6 Å². The lowest BCUT2D eigenvalue weighted by molar-refractivity contribution is -0.204. The van der Waals surface area contributed by atoms with E-state index in [0.717, 1.165) is 18.3 Å². The summed E-state index contributed by atoms with van der Waals surface area (Å²) >= 11 is 7.10. The summed E-state index contributed by atoms with van der Waals surface area (Å²) in [6.45, 7) is 4.01. The highest BCUT2D eigenvalue weighted by molar-refractivity contribution is 7.19. The van der Waals surface area contributed by atoms with Gasteiger partial charge in [0.15, 0.2) is 16.4 Å². The molecule has 0 bridgehead atoms. The number of esters is 1. The molecule has 0 saturated carbocycles. The van der Waals surface area contributed by atoms with Gasteiger partial charge in [-0.1, -0.05) is 22.9 Å². The summed E-state index contributed by atoms with van der Waals surface area (Å²) in [6, 6.07) is 1.43. The Labute approximate surface area is 171 Å². The summed E-state index contributed by atoms with van der Waals surface area (Å²) in [4.78, 5) is 42.8. The quantitative estimate of drug-likeness (QED) is 0.532. The molecule has 2 aromatic rings. The van der Waals surface area contributed by atoms with E-state index in [1.54, 1.807) is 6.92 Å². The third kappa shape index (κ3) is 5.87. The Morgan fingerprint density at radius 1 is 1.28 bits per heavy atom. The second kappa shape index (κ2) is 8.74. The van der Waals surface area contributed by atoms with Gasteiger partial charge in [-0.25, -0.2) is 14.8 Å². The molecular weight excluding hydrogens is 437 g/mol. The number of pyridine rings is 1. The van der Waals surface area contributed by atoms with Gasteiger partial charge in [-0.2, -0.15) is 13.2 Å². The maximum absolute atomic E-state index is 12.3. The number of nitrogens with zero attached hydrogens (tertiary/aromatic N) is 2. The minimum atomic E-state index is -5.22. The second-order valence-electron chi connectivity index (χ2n) is 5.71. The predicted molar refractivity (Wildman–Crippen MR) is 99.6 cm³/mol. The lowest BCUT2D eigenvalue weighted by Gasteiger charge is -2.15. The van der Waals surface area contributed by atoms with Crippen molar-refractivity contribution in [3.8, 4) is 10.4 Å². The number of nitrogens with one attached hydrogen (secondary N) is 2. The zero-order valence-electron chi connectivity index (χ0n) is 15.2. The molecule has 8 nitrogen and oxygen atoms in total. The lowest BCUT2D eigenvalue weighted by Crippen LogP contribution is -2.35. The highest BCUT2D eigenvalue weighted by atomic mass is 35.5. The van der Waals surface area contributed by atoms with Crippen molar-refractivity contribution in [2.24, 2.45) is 0 Å². The number of rotatable bonds is 5. The molecule has 2 amide bonds. The van der Waals surface area contributed by atoms with Crippen LogP contribution in [0.5, 0.6) is 0 Å². The summed E-state index contributed by atoms with van der Waals surface area (Å²) in [5.41, 5.74) is 1.07. The van der Waals surface area contributed by atoms with E-state index in [1.165, 1.54) is 19.2 Å². The first-order valence-corrected chi connectivity index (χ1v) is 9.07. The van der Waals surface area contributed by atoms with Gasteiger partial charge < -0.3 is 15.4 Å². The van der Waals surface area contributed by atoms with Crippen LogP contribution in [0.2, 0.25) is 5.15 Å². The Bertz CT molecular complexity index is 964. The average molecular weight is 451 g/mol. The van der Waals surface area contributed by atoms with Crippen LogP contribution < -0.4 is 10.6 Å². The number of alkyl halides is 3. The molecule has 0 fully saturated rings. The fourth-order valence-corrected chi connectivity index (χ4v) is 3.19. The van der Waals surface area contributed by atoms with Crippen LogP contribution in [0.15, 0.2) is 12.3 Å². The molecule has 2 heterocycles. The van der Waals surface area contributed by atoms with Crippen molar-refractivity contribution < 1.29 is 32.3 Å². The van der Waals surface area contributed by atoms with E-state index in [9.17, 15) is 27.6 Å². The van der Waals surface area contributed by atoms with Gasteiger partial charge in [0.25, 0.3) is 5.91 Å². The molecule has 1 atom stereocenters. The standard InChI is InChI=1S/C16H14ClF3N4O4S/c1-6-11(29-15(22-6)23-8(3)25)9-4-10(12(17)21-5-9)24-13(26)7(2)28-14(27)16(18,19)20/h4-5,7H,1-3H3,(H,24,26)(H,22,23,25). The summed E-state index contributed by atoms with van der Waals surface area (Å²) in [7, 11) is 0. The van der Waals surface area contributed by atoms with E-state index in [-0.39, 0.29) is 16.7 Å². The Kier molecular flexibility index (Phi) is 6.80. The lowest BCUT2D eigenvalue weighted by atomic mass is 10.2. The molecule has 156 valence electrons. The molecule has 0 saturated heterocycles. The van der Waals surface area contributed by atoms with Crippen LogP contribution in [0.1, 0.15) is 19.5 Å². The third-order valence-electron chi connectivity index (χ3n) is 3.32. The van der Waals surface area contributed by atoms with Crippen LogP contribution in [-0.4, -0.2) is 40.0 Å². The Morgan fingerprint density at radius 3 is 2.52 bits per heavy atom. The van der Waals surface area contributed by atoms with E-state index in [2.05, 4.69) is 25.3 Å². The van der Waals surface area contributed by atoms with Crippen LogP contribution in [0.25, 0.3) is 10.4 Å². The van der Waals surface area contributed by atoms with Crippen LogP contribution in [0.4, 0.5) is 24.0 Å². The van der Waals surface area contributed by atoms with Crippen molar-refractivity contribution in [3.05, 3.63) is 23.1 Å². The molecule has 2 aromatic heterocycles. The smallest absolute Gasteiger partial charge is 0.446 e. The Hall–Kier alpha value is -2.73. The summed E-state index contributed by atoms with van der Waals surface area (Å²) in [6.07, 6.45) is -5.54. The van der Waals surface area contributed by atoms with Crippen molar-refractivity contribution in [1.82, 2.24) is 9.97 Å². The molecular formula is C16H14ClF3N4O4S. The highest BCUT2D eigenvalue weighted by Crippen LogP contribution is 2.35. The zero-order chi connectivity index (χ0) is 21.9. The van der Waals surface area contributed by atoms with Crippen molar-refractivity contribution >= 4 is 51.5 Å². The largest absolute Gasteiger partial charge is 0.490 e. The molecule has 0 radical (unpaired) electrons. The molecule has 2 N–H and O–H groups in total. The SMILES string of the molecule is CC(=O)Nc1nc(C)c(-c2cnc(Cl)c(NC(=O)C(C)OC(=O)C(F)(F)F)c2)s1. The fraction of sp³-hybridized carbons (Fsp3) is 0.312. The number of amides is 2. The number of ether oxygens (including phenoxy) is 1. The van der Waals surface area contributed by atoms with Gasteiger partial charge in [-0.05, 0) is 19.9 Å². The van der Waals surface area contributed by atoms with Gasteiger partial charge in [0.2, 0.25) is 5.91 Å². The second-order valence-corrected chi connectivity index (χ2v) is 7.07. The number of halogens is 4. The van der Waals surface area contributed by atoms with Crippen LogP contribution in [0, 0.1) is 6.92 Å². The Morgan fingerprint density at radius 2 is 1.93 bits per heavy atom. The Balaban J connectivity index is 2.21. The molecule has 0 aromatic carbocycles. The molecule has 13 heteroatoms. The minimum Gasteiger partial charge on any atom is -0.446 e. The van der Waals surface area contributed by atoms with E-state index in [4.69, 9.17) is 11.6 Å². The first-order chi connectivity index (χ1) is 13.4. The fourth-order valence-electron chi connectivity index (χ4n) is 2.04. The number of anilines is 2. The first-order valence-electron chi connectivity index (χ1n) is 7.88. The van der Waals surface area contributed by atoms with Crippen LogP contribution in [-0.2, 0) is 19.1 Å². The molecule has 0 spiro atoms. The predicted octanol–water partition coefficient (Wildman–Crippen LogP) is 3.56. The number of carbonyl (C=O) groups is 3. The van der Waals surface area contributed by atoms with Crippen molar-refractivity contribution in [1.29, 1.82) is 0 Å². The zero-order valence-corrected chi connectivity index (χ0v) is 16.8. The molecule has 1 unspecified atom stereocenters. The van der Waals surface area contributed by atoms with E-state index in [1.807, 2.05) is 0 Å². The monoisotopic (exact) mass is 450 g/mol. The number of thiazole rings is 1. The number of hydrogen-bond acceptors (Lipinski definition) is 7. The van der Waals surface area contributed by atoms with Gasteiger partial charge in [0.05, 0.1) is 16.3 Å². The van der Waals surface area contributed by atoms with E-state index < -0.39 is 24.2 Å². The normalized spacial score (nSPS) is 12.2. The summed E-state index contributed by atoms with van der Waals surface area (Å²) in [5, 5.41) is 5.06. The van der Waals surface area contributed by atoms with E-state index >= 15 is 0 Å². The third-order valence-corrected chi connectivity index (χ3v) is 4.75. The number of carbonyl (C=O) groups excluding carboxylic acids is 3. The molecule has 29 heavy (non-hydrogen) atoms.